The van der Waals surface area contributed by atoms with E-state index >= 15 is 0 Å². The van der Waals surface area contributed by atoms with E-state index in [4.69, 9.17) is 5.73 Å². The van der Waals surface area contributed by atoms with Crippen molar-refractivity contribution in [1.29, 1.82) is 0 Å². The summed E-state index contributed by atoms with van der Waals surface area (Å²) in [6.45, 7) is 1.28. The Labute approximate surface area is 159 Å². The first-order valence-electron chi connectivity index (χ1n) is 8.33. The van der Waals surface area contributed by atoms with Crippen molar-refractivity contribution in [2.45, 2.75) is 13.3 Å². The van der Waals surface area contributed by atoms with Gasteiger partial charge in [-0.2, -0.15) is 5.10 Å². The van der Waals surface area contributed by atoms with Gasteiger partial charge in [0.2, 0.25) is 5.91 Å². The number of aromatic nitrogens is 1. The van der Waals surface area contributed by atoms with Crippen molar-refractivity contribution in [2.24, 2.45) is 10.8 Å². The smallest absolute Gasteiger partial charge is 0.237 e. The van der Waals surface area contributed by atoms with Gasteiger partial charge in [0.25, 0.3) is 0 Å². The highest BCUT2D eigenvalue weighted by Gasteiger charge is 2.16. The Morgan fingerprint density at radius 1 is 1.29 bits per heavy atom. The summed E-state index contributed by atoms with van der Waals surface area (Å²) in [7, 11) is 0. The van der Waals surface area contributed by atoms with E-state index in [-0.39, 0.29) is 28.5 Å². The number of amides is 1. The number of hydrogen-bond donors (Lipinski definition) is 3. The molecule has 28 heavy (non-hydrogen) atoms. The molecule has 1 amide bonds. The van der Waals surface area contributed by atoms with Crippen molar-refractivity contribution in [3.8, 4) is 5.75 Å². The number of fused-ring (bicyclic) bond motifs is 1. The molecule has 3 rings (SSSR count). The van der Waals surface area contributed by atoms with Gasteiger partial charge >= 0.3 is 0 Å². The molecule has 0 aliphatic carbocycles. The number of hydrogen-bond acceptors (Lipinski definition) is 5. The Balaban J connectivity index is 2.12. The van der Waals surface area contributed by atoms with Crippen LogP contribution in [0.5, 0.6) is 5.75 Å². The molecule has 8 heteroatoms. The monoisotopic (exact) mass is 380 g/mol. The summed E-state index contributed by atoms with van der Waals surface area (Å²) in [4.78, 5) is 26.6. The third-order valence-electron chi connectivity index (χ3n) is 4.09. The maximum absolute atomic E-state index is 13.1. The lowest BCUT2D eigenvalue weighted by atomic mass is 9.99. The van der Waals surface area contributed by atoms with Crippen LogP contribution in [-0.2, 0) is 11.2 Å². The maximum atomic E-state index is 13.1. The van der Waals surface area contributed by atoms with Crippen molar-refractivity contribution < 1.29 is 19.1 Å². The van der Waals surface area contributed by atoms with Crippen molar-refractivity contribution in [3.05, 3.63) is 70.7 Å². The van der Waals surface area contributed by atoms with Gasteiger partial charge < -0.3 is 10.8 Å². The number of amidine groups is 1. The molecular weight excluding hydrogens is 363 g/mol. The van der Waals surface area contributed by atoms with Crippen molar-refractivity contribution >= 4 is 28.9 Å². The third kappa shape index (κ3) is 3.96. The molecule has 2 aromatic carbocycles. The molecule has 0 saturated heterocycles. The first-order valence-corrected chi connectivity index (χ1v) is 8.33. The lowest BCUT2D eigenvalue weighted by Gasteiger charge is -2.11. The maximum Gasteiger partial charge on any atom is 0.237 e. The van der Waals surface area contributed by atoms with Gasteiger partial charge in [-0.15, -0.1) is 0 Å². The second-order valence-electron chi connectivity index (χ2n) is 6.19. The van der Waals surface area contributed by atoms with Crippen LogP contribution in [0.1, 0.15) is 34.0 Å². The number of phenolic OH excluding ortho intramolecular Hbond substituents is 1. The summed E-state index contributed by atoms with van der Waals surface area (Å²) < 4.78 is 13.1. The number of nitrogens with one attached hydrogen (secondary N) is 1. The zero-order valence-corrected chi connectivity index (χ0v) is 14.9. The van der Waals surface area contributed by atoms with Gasteiger partial charge in [0.15, 0.2) is 17.9 Å². The van der Waals surface area contributed by atoms with Gasteiger partial charge in [-0.1, -0.05) is 12.1 Å². The Morgan fingerprint density at radius 2 is 2.00 bits per heavy atom. The molecule has 0 saturated carbocycles. The topological polar surface area (TPSA) is 118 Å². The van der Waals surface area contributed by atoms with Crippen LogP contribution in [0.3, 0.4) is 0 Å². The zero-order chi connectivity index (χ0) is 20.3. The number of aldehydes is 1. The summed E-state index contributed by atoms with van der Waals surface area (Å²) in [5, 5.41) is 14.6. The van der Waals surface area contributed by atoms with Gasteiger partial charge in [-0.25, -0.2) is 9.82 Å². The van der Waals surface area contributed by atoms with E-state index in [0.29, 0.717) is 23.7 Å². The number of hydrazone groups is 1. The van der Waals surface area contributed by atoms with Crippen LogP contribution in [0.15, 0.2) is 47.7 Å². The highest BCUT2D eigenvalue weighted by molar-refractivity contribution is 6.11. The van der Waals surface area contributed by atoms with E-state index in [0.717, 1.165) is 11.1 Å². The summed E-state index contributed by atoms with van der Waals surface area (Å²) >= 11 is 0. The average Bonchev–Trinajstić information content (AvgIpc) is 2.68. The number of rotatable bonds is 5. The lowest BCUT2D eigenvalue weighted by molar-refractivity contribution is -0.118. The van der Waals surface area contributed by atoms with Crippen LogP contribution >= 0.6 is 0 Å². The largest absolute Gasteiger partial charge is 0.505 e. The third-order valence-corrected chi connectivity index (χ3v) is 4.09. The van der Waals surface area contributed by atoms with Crippen molar-refractivity contribution in [3.63, 3.8) is 0 Å². The minimum Gasteiger partial charge on any atom is -0.505 e. The molecule has 0 fully saturated rings. The SMILES string of the molecule is CC(=O)NN=C(N)c1cc(C=O)c(O)c2ncc(Cc3ccc(F)cc3)cc12. The zero-order valence-electron chi connectivity index (χ0n) is 14.9. The van der Waals surface area contributed by atoms with Gasteiger partial charge in [0.05, 0.1) is 5.56 Å². The van der Waals surface area contributed by atoms with E-state index in [9.17, 15) is 19.1 Å². The second-order valence-corrected chi connectivity index (χ2v) is 6.19. The van der Waals surface area contributed by atoms with Gasteiger partial charge in [0, 0.05) is 24.1 Å². The van der Waals surface area contributed by atoms with Gasteiger partial charge in [-0.3, -0.25) is 14.6 Å². The Bertz CT molecular complexity index is 1090. The number of phenols is 1. The Hall–Kier alpha value is -3.81. The molecule has 0 aliphatic heterocycles. The molecule has 4 N–H and O–H groups in total. The molecule has 1 aromatic heterocycles. The van der Waals surface area contributed by atoms with E-state index < -0.39 is 5.91 Å². The molecule has 142 valence electrons. The highest BCUT2D eigenvalue weighted by atomic mass is 19.1. The fourth-order valence-electron chi connectivity index (χ4n) is 2.78. The molecule has 0 atom stereocenters. The molecular formula is C20H17FN4O3. The number of nitrogens with zero attached hydrogens (tertiary/aromatic N) is 2. The number of pyridine rings is 1. The fourth-order valence-corrected chi connectivity index (χ4v) is 2.78. The Kier molecular flexibility index (Phi) is 5.30. The summed E-state index contributed by atoms with van der Waals surface area (Å²) in [5.74, 6) is -1.04. The van der Waals surface area contributed by atoms with Crippen LogP contribution in [0.4, 0.5) is 4.39 Å². The number of halogens is 1. The van der Waals surface area contributed by atoms with E-state index in [1.54, 1.807) is 24.4 Å². The molecule has 0 spiro atoms. The van der Waals surface area contributed by atoms with Crippen molar-refractivity contribution in [2.75, 3.05) is 0 Å². The van der Waals surface area contributed by atoms with E-state index in [2.05, 4.69) is 15.5 Å². The first-order chi connectivity index (χ1) is 13.4. The van der Waals surface area contributed by atoms with Gasteiger partial charge in [0.1, 0.15) is 11.3 Å². The predicted octanol–water partition coefficient (Wildman–Crippen LogP) is 2.24. The van der Waals surface area contributed by atoms with E-state index in [1.807, 2.05) is 0 Å². The number of carbonyl (C=O) groups excluding carboxylic acids is 2. The minimum atomic E-state index is -0.406. The molecule has 1 heterocycles. The van der Waals surface area contributed by atoms with Crippen LogP contribution in [0, 0.1) is 5.82 Å². The van der Waals surface area contributed by atoms with Crippen molar-refractivity contribution in [1.82, 2.24) is 10.4 Å². The molecule has 0 bridgehead atoms. The van der Waals surface area contributed by atoms with Crippen LogP contribution < -0.4 is 11.2 Å². The summed E-state index contributed by atoms with van der Waals surface area (Å²) in [5.41, 5.74) is 10.4. The standard InChI is InChI=1S/C20H17FN4O3/c1-11(27)24-25-20(22)17-8-14(10-26)19(28)18-16(17)7-13(9-23-18)6-12-2-4-15(21)5-3-12/h2-5,7-10,28H,6H2,1H3,(H2,22,25)(H,24,27). The van der Waals surface area contributed by atoms with Crippen LogP contribution in [0.2, 0.25) is 0 Å². The number of nitrogens with two attached hydrogens (primary N) is 1. The highest BCUT2D eigenvalue weighted by Crippen LogP contribution is 2.30. The summed E-state index contributed by atoms with van der Waals surface area (Å²) in [6, 6.07) is 9.21. The molecule has 3 aromatic rings. The average molecular weight is 380 g/mol. The minimum absolute atomic E-state index is 0.00209. The molecule has 0 unspecified atom stereocenters. The molecule has 0 aliphatic rings. The second kappa shape index (κ2) is 7.83. The lowest BCUT2D eigenvalue weighted by Crippen LogP contribution is -2.22. The first kappa shape index (κ1) is 19.0. The number of carbonyl (C=O) groups is 2. The van der Waals surface area contributed by atoms with E-state index in [1.165, 1.54) is 25.1 Å². The fraction of sp³-hybridized carbons (Fsp3) is 0.100. The Morgan fingerprint density at radius 3 is 2.64 bits per heavy atom. The van der Waals surface area contributed by atoms with Crippen LogP contribution in [-0.4, -0.2) is 28.1 Å². The quantitative estimate of drug-likeness (QED) is 0.272. The summed E-state index contributed by atoms with van der Waals surface area (Å²) in [6.07, 6.45) is 2.52. The van der Waals surface area contributed by atoms with Crippen LogP contribution in [0.25, 0.3) is 10.9 Å². The van der Waals surface area contributed by atoms with Gasteiger partial charge in [-0.05, 0) is 41.8 Å². The molecule has 0 radical (unpaired) electrons. The number of aromatic hydroxyl groups is 1. The number of benzene rings is 2. The normalized spacial score (nSPS) is 11.4. The predicted molar refractivity (Wildman–Crippen MR) is 103 cm³/mol. The molecule has 7 nitrogen and oxygen atoms in total.